The zero-order chi connectivity index (χ0) is 16.0. The zero-order valence-corrected chi connectivity index (χ0v) is 16.6. The van der Waals surface area contributed by atoms with Gasteiger partial charge in [0.2, 0.25) is 0 Å². The summed E-state index contributed by atoms with van der Waals surface area (Å²) in [7, 11) is 1.88. The summed E-state index contributed by atoms with van der Waals surface area (Å²) in [6.07, 6.45) is 1.65. The molecule has 9 heteroatoms. The summed E-state index contributed by atoms with van der Waals surface area (Å²) in [4.78, 5) is 5.39. The normalized spacial score (nSPS) is 14.0. The molecule has 0 fully saturated rings. The van der Waals surface area contributed by atoms with Crippen LogP contribution in [0, 0.1) is 0 Å². The Morgan fingerprint density at radius 1 is 1.48 bits per heavy atom. The second-order valence-corrected chi connectivity index (χ2v) is 6.11. The Labute approximate surface area is 157 Å². The van der Waals surface area contributed by atoms with Crippen LogP contribution in [-0.2, 0) is 19.2 Å². The Morgan fingerprint density at radius 3 is 2.83 bits per heavy atom. The van der Waals surface area contributed by atoms with E-state index in [0.717, 1.165) is 17.2 Å². The van der Waals surface area contributed by atoms with Crippen LogP contribution in [0.5, 0.6) is 0 Å². The first-order valence-electron chi connectivity index (χ1n) is 7.14. The number of thiophene rings is 1. The zero-order valence-electron chi connectivity index (χ0n) is 13.5. The molecule has 0 amide bonds. The maximum atomic E-state index is 10.5. The summed E-state index contributed by atoms with van der Waals surface area (Å²) in [6, 6.07) is 3.86. The van der Waals surface area contributed by atoms with Gasteiger partial charge in [-0.2, -0.15) is 0 Å². The van der Waals surface area contributed by atoms with Gasteiger partial charge in [0.05, 0.1) is 6.54 Å². The molecule has 128 valence electrons. The molecule has 0 saturated heterocycles. The third kappa shape index (κ3) is 5.74. The fourth-order valence-corrected chi connectivity index (χ4v) is 2.66. The predicted molar refractivity (Wildman–Crippen MR) is 103 cm³/mol. The van der Waals surface area contributed by atoms with E-state index in [-0.39, 0.29) is 24.0 Å². The molecular formula is C14H23IN6OS. The smallest absolute Gasteiger partial charge is 0.191 e. The molecule has 2 aromatic rings. The third-order valence-electron chi connectivity index (χ3n) is 3.18. The number of guanidine groups is 1. The molecular weight excluding hydrogens is 427 g/mol. The van der Waals surface area contributed by atoms with Gasteiger partial charge < -0.3 is 20.3 Å². The molecule has 1 unspecified atom stereocenters. The molecule has 0 aromatic carbocycles. The van der Waals surface area contributed by atoms with Crippen LogP contribution < -0.4 is 10.6 Å². The first kappa shape index (κ1) is 19.8. The SMILES string of the molecule is CCNC(=NCc1nncn1C)NCC(C)(O)c1cccs1.I. The molecule has 2 heterocycles. The first-order valence-corrected chi connectivity index (χ1v) is 8.02. The Bertz CT molecular complexity index is 611. The van der Waals surface area contributed by atoms with Gasteiger partial charge in [0, 0.05) is 18.5 Å². The monoisotopic (exact) mass is 450 g/mol. The van der Waals surface area contributed by atoms with E-state index >= 15 is 0 Å². The van der Waals surface area contributed by atoms with Crippen LogP contribution in [-0.4, -0.2) is 38.9 Å². The summed E-state index contributed by atoms with van der Waals surface area (Å²) in [5, 5.41) is 26.6. The quantitative estimate of drug-likeness (QED) is 0.353. The number of aryl methyl sites for hydroxylation is 1. The number of aromatic nitrogens is 3. The highest BCUT2D eigenvalue weighted by Gasteiger charge is 2.24. The van der Waals surface area contributed by atoms with Crippen LogP contribution in [0.3, 0.4) is 0 Å². The highest BCUT2D eigenvalue weighted by molar-refractivity contribution is 14.0. The number of nitrogens with zero attached hydrogens (tertiary/aromatic N) is 4. The molecule has 23 heavy (non-hydrogen) atoms. The maximum Gasteiger partial charge on any atom is 0.191 e. The summed E-state index contributed by atoms with van der Waals surface area (Å²) in [5.74, 6) is 1.42. The van der Waals surface area contributed by atoms with E-state index < -0.39 is 5.60 Å². The maximum absolute atomic E-state index is 10.5. The van der Waals surface area contributed by atoms with Gasteiger partial charge in [0.25, 0.3) is 0 Å². The van der Waals surface area contributed by atoms with Crippen molar-refractivity contribution in [2.75, 3.05) is 13.1 Å². The van der Waals surface area contributed by atoms with E-state index in [0.29, 0.717) is 19.0 Å². The van der Waals surface area contributed by atoms with Gasteiger partial charge in [0.1, 0.15) is 18.5 Å². The Kier molecular flexibility index (Phi) is 7.92. The number of halogens is 1. The Hall–Kier alpha value is -1.20. The minimum Gasteiger partial charge on any atom is -0.383 e. The largest absolute Gasteiger partial charge is 0.383 e. The Balaban J connectivity index is 0.00000264. The lowest BCUT2D eigenvalue weighted by molar-refractivity contribution is 0.0655. The van der Waals surface area contributed by atoms with Crippen molar-refractivity contribution in [2.24, 2.45) is 12.0 Å². The topological polar surface area (TPSA) is 87.4 Å². The van der Waals surface area contributed by atoms with Crippen LogP contribution >= 0.6 is 35.3 Å². The van der Waals surface area contributed by atoms with Crippen LogP contribution in [0.2, 0.25) is 0 Å². The molecule has 2 rings (SSSR count). The first-order chi connectivity index (χ1) is 10.5. The predicted octanol–water partition coefficient (Wildman–Crippen LogP) is 1.46. The summed E-state index contributed by atoms with van der Waals surface area (Å²) >= 11 is 1.54. The number of hydrogen-bond acceptors (Lipinski definition) is 5. The number of nitrogens with one attached hydrogen (secondary N) is 2. The van der Waals surface area contributed by atoms with Gasteiger partial charge in [-0.15, -0.1) is 45.5 Å². The molecule has 0 aliphatic carbocycles. The highest BCUT2D eigenvalue weighted by atomic mass is 127. The van der Waals surface area contributed by atoms with E-state index in [2.05, 4.69) is 25.8 Å². The van der Waals surface area contributed by atoms with Crippen molar-refractivity contribution < 1.29 is 5.11 Å². The molecule has 0 aliphatic rings. The van der Waals surface area contributed by atoms with Gasteiger partial charge >= 0.3 is 0 Å². The molecule has 1 atom stereocenters. The van der Waals surface area contributed by atoms with Crippen molar-refractivity contribution in [3.63, 3.8) is 0 Å². The van der Waals surface area contributed by atoms with Crippen molar-refractivity contribution in [1.29, 1.82) is 0 Å². The van der Waals surface area contributed by atoms with Crippen molar-refractivity contribution in [3.05, 3.63) is 34.5 Å². The lowest BCUT2D eigenvalue weighted by Crippen LogP contribution is -2.44. The molecule has 0 aliphatic heterocycles. The average Bonchev–Trinajstić information content (AvgIpc) is 3.14. The number of aliphatic imine (C=N–C) groups is 1. The second-order valence-electron chi connectivity index (χ2n) is 5.16. The summed E-state index contributed by atoms with van der Waals surface area (Å²) in [5.41, 5.74) is -0.935. The minimum absolute atomic E-state index is 0. The fraction of sp³-hybridized carbons (Fsp3) is 0.500. The summed E-state index contributed by atoms with van der Waals surface area (Å²) < 4.78 is 1.83. The molecule has 0 saturated carbocycles. The highest BCUT2D eigenvalue weighted by Crippen LogP contribution is 2.24. The van der Waals surface area contributed by atoms with Crippen molar-refractivity contribution in [3.8, 4) is 0 Å². The molecule has 2 aromatic heterocycles. The number of aliphatic hydroxyl groups is 1. The van der Waals surface area contributed by atoms with E-state index in [1.807, 2.05) is 36.1 Å². The summed E-state index contributed by atoms with van der Waals surface area (Å²) in [6.45, 7) is 5.33. The molecule has 7 nitrogen and oxygen atoms in total. The second kappa shape index (κ2) is 9.18. The van der Waals surface area contributed by atoms with Crippen LogP contribution in [0.15, 0.2) is 28.8 Å². The molecule has 0 spiro atoms. The van der Waals surface area contributed by atoms with E-state index in [4.69, 9.17) is 0 Å². The van der Waals surface area contributed by atoms with Gasteiger partial charge in [-0.05, 0) is 25.3 Å². The van der Waals surface area contributed by atoms with Gasteiger partial charge in [-0.1, -0.05) is 6.07 Å². The van der Waals surface area contributed by atoms with Crippen LogP contribution in [0.4, 0.5) is 0 Å². The molecule has 0 bridgehead atoms. The van der Waals surface area contributed by atoms with Crippen LogP contribution in [0.25, 0.3) is 0 Å². The van der Waals surface area contributed by atoms with E-state index in [9.17, 15) is 5.11 Å². The number of rotatable bonds is 6. The lowest BCUT2D eigenvalue weighted by atomic mass is 10.1. The fourth-order valence-electron chi connectivity index (χ4n) is 1.87. The number of hydrogen-bond donors (Lipinski definition) is 3. The van der Waals surface area contributed by atoms with E-state index in [1.54, 1.807) is 13.3 Å². The molecule has 3 N–H and O–H groups in total. The molecule has 0 radical (unpaired) electrons. The third-order valence-corrected chi connectivity index (χ3v) is 4.30. The standard InChI is InChI=1S/C14H22N6OS.HI/c1-4-15-13(16-8-12-19-18-10-20(12)3)17-9-14(2,21)11-6-5-7-22-11;/h5-7,10,21H,4,8-9H2,1-3H3,(H2,15,16,17);1H. The lowest BCUT2D eigenvalue weighted by Gasteiger charge is -2.23. The minimum atomic E-state index is -0.935. The van der Waals surface area contributed by atoms with E-state index in [1.165, 1.54) is 11.3 Å². The Morgan fingerprint density at radius 2 is 2.26 bits per heavy atom. The van der Waals surface area contributed by atoms with Crippen LogP contribution in [0.1, 0.15) is 24.5 Å². The van der Waals surface area contributed by atoms with Crippen molar-refractivity contribution in [2.45, 2.75) is 26.0 Å². The van der Waals surface area contributed by atoms with Crippen molar-refractivity contribution >= 4 is 41.3 Å². The van der Waals surface area contributed by atoms with Gasteiger partial charge in [-0.3, -0.25) is 0 Å². The van der Waals surface area contributed by atoms with Gasteiger partial charge in [-0.25, -0.2) is 4.99 Å². The van der Waals surface area contributed by atoms with Gasteiger partial charge in [0.15, 0.2) is 11.8 Å². The van der Waals surface area contributed by atoms with Crippen molar-refractivity contribution in [1.82, 2.24) is 25.4 Å². The average molecular weight is 450 g/mol.